The number of rotatable bonds is 2. The highest BCUT2D eigenvalue weighted by atomic mass is 35.5. The normalized spacial score (nSPS) is 9.28. The minimum absolute atomic E-state index is 0.243. The Morgan fingerprint density at radius 2 is 1.44 bits per heavy atom. The predicted molar refractivity (Wildman–Crippen MR) is 67.4 cm³/mol. The van der Waals surface area contributed by atoms with E-state index in [0.717, 1.165) is 0 Å². The van der Waals surface area contributed by atoms with E-state index >= 15 is 0 Å². The zero-order valence-electron chi connectivity index (χ0n) is 9.22. The molecule has 0 radical (unpaired) electrons. The SMILES string of the molecule is N#Cc1ccccc1Oc1cccc(C#N)c1Cl. The molecule has 2 aromatic rings. The Hall–Kier alpha value is -2.49. The Kier molecular flexibility index (Phi) is 3.48. The Balaban J connectivity index is 2.42. The monoisotopic (exact) mass is 254 g/mol. The van der Waals surface area contributed by atoms with Gasteiger partial charge in [0.25, 0.3) is 0 Å². The molecule has 0 fully saturated rings. The molecule has 0 amide bonds. The fourth-order valence-electron chi connectivity index (χ4n) is 1.44. The molecule has 0 saturated heterocycles. The van der Waals surface area contributed by atoms with E-state index in [0.29, 0.717) is 22.6 Å². The van der Waals surface area contributed by atoms with Crippen molar-refractivity contribution in [2.75, 3.05) is 0 Å². The molecule has 2 rings (SSSR count). The molecular weight excluding hydrogens is 248 g/mol. The number of benzene rings is 2. The minimum atomic E-state index is 0.243. The van der Waals surface area contributed by atoms with Crippen molar-refractivity contribution in [1.82, 2.24) is 0 Å². The molecule has 2 aromatic carbocycles. The highest BCUT2D eigenvalue weighted by Crippen LogP contribution is 2.32. The van der Waals surface area contributed by atoms with Crippen LogP contribution in [0.3, 0.4) is 0 Å². The highest BCUT2D eigenvalue weighted by molar-refractivity contribution is 6.33. The van der Waals surface area contributed by atoms with Gasteiger partial charge in [-0.05, 0) is 24.3 Å². The number of para-hydroxylation sites is 1. The number of hydrogen-bond donors (Lipinski definition) is 0. The highest BCUT2D eigenvalue weighted by Gasteiger charge is 2.09. The number of ether oxygens (including phenoxy) is 1. The third-order valence-electron chi connectivity index (χ3n) is 2.31. The quantitative estimate of drug-likeness (QED) is 0.817. The molecular formula is C14H7ClN2O. The first-order valence-corrected chi connectivity index (χ1v) is 5.49. The van der Waals surface area contributed by atoms with Gasteiger partial charge in [-0.3, -0.25) is 0 Å². The Labute approximate surface area is 109 Å². The van der Waals surface area contributed by atoms with E-state index in [2.05, 4.69) is 0 Å². The van der Waals surface area contributed by atoms with Gasteiger partial charge >= 0.3 is 0 Å². The molecule has 0 bridgehead atoms. The standard InChI is InChI=1S/C14H7ClN2O/c15-14-11(9-17)5-3-7-13(14)18-12-6-2-1-4-10(12)8-16/h1-7H. The summed E-state index contributed by atoms with van der Waals surface area (Å²) in [5, 5.41) is 18.1. The largest absolute Gasteiger partial charge is 0.454 e. The van der Waals surface area contributed by atoms with E-state index < -0.39 is 0 Å². The molecule has 0 aliphatic heterocycles. The van der Waals surface area contributed by atoms with Gasteiger partial charge in [-0.25, -0.2) is 0 Å². The second kappa shape index (κ2) is 5.23. The van der Waals surface area contributed by atoms with E-state index in [1.807, 2.05) is 12.1 Å². The van der Waals surface area contributed by atoms with Gasteiger partial charge in [0.2, 0.25) is 0 Å². The van der Waals surface area contributed by atoms with Crippen LogP contribution in [0.25, 0.3) is 0 Å². The zero-order chi connectivity index (χ0) is 13.0. The number of halogens is 1. The summed E-state index contributed by atoms with van der Waals surface area (Å²) in [6.07, 6.45) is 0. The molecule has 0 aliphatic carbocycles. The summed E-state index contributed by atoms with van der Waals surface area (Å²) >= 11 is 6.02. The van der Waals surface area contributed by atoms with Crippen LogP contribution in [0, 0.1) is 22.7 Å². The Morgan fingerprint density at radius 3 is 2.17 bits per heavy atom. The summed E-state index contributed by atoms with van der Waals surface area (Å²) < 4.78 is 5.57. The van der Waals surface area contributed by atoms with Gasteiger partial charge in [-0.2, -0.15) is 10.5 Å². The molecule has 0 N–H and O–H groups in total. The van der Waals surface area contributed by atoms with Gasteiger partial charge in [-0.1, -0.05) is 29.8 Å². The molecule has 0 aromatic heterocycles. The van der Waals surface area contributed by atoms with Crippen molar-refractivity contribution in [3.63, 3.8) is 0 Å². The Bertz CT molecular complexity index is 668. The van der Waals surface area contributed by atoms with Crippen LogP contribution in [-0.4, -0.2) is 0 Å². The fourth-order valence-corrected chi connectivity index (χ4v) is 1.65. The van der Waals surface area contributed by atoms with Crippen molar-refractivity contribution in [3.05, 3.63) is 58.6 Å². The van der Waals surface area contributed by atoms with Crippen LogP contribution in [0.4, 0.5) is 0 Å². The van der Waals surface area contributed by atoms with Crippen LogP contribution >= 0.6 is 11.6 Å². The van der Waals surface area contributed by atoms with Crippen LogP contribution in [-0.2, 0) is 0 Å². The molecule has 0 spiro atoms. The summed E-state index contributed by atoms with van der Waals surface area (Å²) in [5.41, 5.74) is 0.750. The van der Waals surface area contributed by atoms with Crippen molar-refractivity contribution in [2.45, 2.75) is 0 Å². The van der Waals surface area contributed by atoms with E-state index in [4.69, 9.17) is 26.9 Å². The second-order valence-electron chi connectivity index (χ2n) is 3.44. The summed E-state index contributed by atoms with van der Waals surface area (Å²) in [7, 11) is 0. The third-order valence-corrected chi connectivity index (χ3v) is 2.70. The smallest absolute Gasteiger partial charge is 0.147 e. The van der Waals surface area contributed by atoms with Crippen LogP contribution in [0.15, 0.2) is 42.5 Å². The second-order valence-corrected chi connectivity index (χ2v) is 3.82. The number of nitrogens with zero attached hydrogens (tertiary/aromatic N) is 2. The van der Waals surface area contributed by atoms with Gasteiger partial charge in [0, 0.05) is 0 Å². The molecule has 0 saturated carbocycles. The van der Waals surface area contributed by atoms with E-state index in [1.165, 1.54) is 0 Å². The molecule has 0 atom stereocenters. The maximum Gasteiger partial charge on any atom is 0.147 e. The Morgan fingerprint density at radius 1 is 0.833 bits per heavy atom. The molecule has 0 heterocycles. The maximum absolute atomic E-state index is 8.95. The first kappa shape index (κ1) is 12.0. The zero-order valence-corrected chi connectivity index (χ0v) is 9.98. The lowest BCUT2D eigenvalue weighted by Gasteiger charge is -2.09. The summed E-state index contributed by atoms with van der Waals surface area (Å²) in [5.74, 6) is 0.774. The van der Waals surface area contributed by atoms with Gasteiger partial charge in [0.15, 0.2) is 0 Å². The van der Waals surface area contributed by atoms with Crippen molar-refractivity contribution in [3.8, 4) is 23.6 Å². The average molecular weight is 255 g/mol. The predicted octanol–water partition coefficient (Wildman–Crippen LogP) is 3.88. The van der Waals surface area contributed by atoms with Crippen LogP contribution in [0.5, 0.6) is 11.5 Å². The summed E-state index contributed by atoms with van der Waals surface area (Å²) in [6.45, 7) is 0. The van der Waals surface area contributed by atoms with Crippen LogP contribution < -0.4 is 4.74 Å². The van der Waals surface area contributed by atoms with Gasteiger partial charge in [0.05, 0.1) is 11.1 Å². The number of nitriles is 2. The average Bonchev–Trinajstić information content (AvgIpc) is 2.42. The third kappa shape index (κ3) is 2.27. The van der Waals surface area contributed by atoms with Crippen molar-refractivity contribution < 1.29 is 4.74 Å². The molecule has 86 valence electrons. The van der Waals surface area contributed by atoms with Crippen LogP contribution in [0.2, 0.25) is 5.02 Å². The van der Waals surface area contributed by atoms with Gasteiger partial charge in [-0.15, -0.1) is 0 Å². The van der Waals surface area contributed by atoms with E-state index in [1.54, 1.807) is 42.5 Å². The van der Waals surface area contributed by atoms with Crippen molar-refractivity contribution >= 4 is 11.6 Å². The van der Waals surface area contributed by atoms with Crippen LogP contribution in [0.1, 0.15) is 11.1 Å². The molecule has 0 unspecified atom stereocenters. The van der Waals surface area contributed by atoms with E-state index in [-0.39, 0.29) is 5.02 Å². The molecule has 3 nitrogen and oxygen atoms in total. The lowest BCUT2D eigenvalue weighted by atomic mass is 10.2. The summed E-state index contributed by atoms with van der Waals surface area (Å²) in [4.78, 5) is 0. The van der Waals surface area contributed by atoms with Crippen molar-refractivity contribution in [2.24, 2.45) is 0 Å². The van der Waals surface area contributed by atoms with Gasteiger partial charge in [0.1, 0.15) is 28.7 Å². The van der Waals surface area contributed by atoms with Gasteiger partial charge < -0.3 is 4.74 Å². The lowest BCUT2D eigenvalue weighted by molar-refractivity contribution is 0.481. The lowest BCUT2D eigenvalue weighted by Crippen LogP contribution is -1.90. The number of hydrogen-bond acceptors (Lipinski definition) is 3. The first-order valence-electron chi connectivity index (χ1n) is 5.12. The topological polar surface area (TPSA) is 56.8 Å². The molecule has 18 heavy (non-hydrogen) atoms. The van der Waals surface area contributed by atoms with E-state index in [9.17, 15) is 0 Å². The summed E-state index contributed by atoms with van der Waals surface area (Å²) in [6, 6.07) is 15.8. The molecule has 0 aliphatic rings. The van der Waals surface area contributed by atoms with Crippen molar-refractivity contribution in [1.29, 1.82) is 10.5 Å². The minimum Gasteiger partial charge on any atom is -0.454 e. The maximum atomic E-state index is 8.95. The fraction of sp³-hybridized carbons (Fsp3) is 0. The molecule has 4 heteroatoms. The first-order chi connectivity index (χ1) is 8.76.